The second-order valence-corrected chi connectivity index (χ2v) is 8.28. The number of fused-ring (bicyclic) bond motifs is 1. The highest BCUT2D eigenvalue weighted by Crippen LogP contribution is 2.30. The van der Waals surface area contributed by atoms with Crippen LogP contribution in [0.25, 0.3) is 16.6 Å². The molecule has 1 aliphatic carbocycles. The largest absolute Gasteiger partial charge is 0.364 e. The first kappa shape index (κ1) is 20.9. The van der Waals surface area contributed by atoms with Gasteiger partial charge in [0.2, 0.25) is 5.95 Å². The summed E-state index contributed by atoms with van der Waals surface area (Å²) < 4.78 is 2.10. The van der Waals surface area contributed by atoms with Gasteiger partial charge in [0.15, 0.2) is 11.5 Å². The number of carbonyl (C=O) groups is 1. The van der Waals surface area contributed by atoms with Crippen LogP contribution in [0.2, 0.25) is 0 Å². The summed E-state index contributed by atoms with van der Waals surface area (Å²) in [7, 11) is 0. The number of anilines is 3. The summed E-state index contributed by atoms with van der Waals surface area (Å²) in [6.07, 6.45) is 6.13. The van der Waals surface area contributed by atoms with Crippen LogP contribution >= 0.6 is 0 Å². The molecule has 4 aromatic rings. The smallest absolute Gasteiger partial charge is 0.273 e. The third kappa shape index (κ3) is 4.22. The summed E-state index contributed by atoms with van der Waals surface area (Å²) in [6, 6.07) is 18.1. The van der Waals surface area contributed by atoms with Crippen molar-refractivity contribution in [3.63, 3.8) is 0 Å². The van der Waals surface area contributed by atoms with Gasteiger partial charge in [-0.3, -0.25) is 4.79 Å². The van der Waals surface area contributed by atoms with Gasteiger partial charge in [-0.1, -0.05) is 37.1 Å². The molecule has 2 atom stereocenters. The van der Waals surface area contributed by atoms with E-state index in [9.17, 15) is 4.79 Å². The first-order chi connectivity index (χ1) is 16.1. The summed E-state index contributed by atoms with van der Waals surface area (Å²) in [6.45, 7) is 0. The Morgan fingerprint density at radius 1 is 1.00 bits per heavy atom. The van der Waals surface area contributed by atoms with E-state index in [4.69, 9.17) is 11.5 Å². The Morgan fingerprint density at radius 3 is 2.61 bits per heavy atom. The molecule has 168 valence electrons. The fourth-order valence-corrected chi connectivity index (χ4v) is 4.36. The van der Waals surface area contributed by atoms with E-state index in [0.717, 1.165) is 48.0 Å². The van der Waals surface area contributed by atoms with Crippen LogP contribution in [0.15, 0.2) is 60.8 Å². The molecule has 0 saturated heterocycles. The van der Waals surface area contributed by atoms with Crippen molar-refractivity contribution in [2.45, 2.75) is 37.8 Å². The molecule has 1 aliphatic rings. The van der Waals surface area contributed by atoms with Gasteiger partial charge in [-0.15, -0.1) is 10.2 Å². The zero-order valence-electron chi connectivity index (χ0n) is 18.1. The number of hydrogen-bond acceptors (Lipinski definition) is 7. The average Bonchev–Trinajstić information content (AvgIpc) is 3.26. The Labute approximate surface area is 191 Å². The molecule has 0 aliphatic heterocycles. The van der Waals surface area contributed by atoms with Gasteiger partial charge in [0.05, 0.1) is 5.52 Å². The van der Waals surface area contributed by atoms with Crippen LogP contribution in [0.5, 0.6) is 0 Å². The van der Waals surface area contributed by atoms with Crippen molar-refractivity contribution >= 4 is 34.3 Å². The molecule has 2 aromatic heterocycles. The minimum Gasteiger partial charge on any atom is -0.364 e. The maximum atomic E-state index is 12.0. The highest BCUT2D eigenvalue weighted by atomic mass is 16.1. The van der Waals surface area contributed by atoms with E-state index in [1.54, 1.807) is 0 Å². The third-order valence-corrected chi connectivity index (χ3v) is 6.07. The minimum atomic E-state index is -0.701. The van der Waals surface area contributed by atoms with Crippen molar-refractivity contribution in [3.8, 4) is 5.69 Å². The Kier molecular flexibility index (Phi) is 5.62. The first-order valence-electron chi connectivity index (χ1n) is 11.1. The highest BCUT2D eigenvalue weighted by Gasteiger charge is 2.23. The lowest BCUT2D eigenvalue weighted by molar-refractivity contribution is 0.0995. The molecule has 0 spiro atoms. The van der Waals surface area contributed by atoms with Gasteiger partial charge in [-0.2, -0.15) is 4.98 Å². The summed E-state index contributed by atoms with van der Waals surface area (Å²) in [5.41, 5.74) is 14.6. The van der Waals surface area contributed by atoms with Gasteiger partial charge in [0, 0.05) is 35.0 Å². The molecule has 9 nitrogen and oxygen atoms in total. The second-order valence-electron chi connectivity index (χ2n) is 8.28. The predicted octanol–water partition coefficient (Wildman–Crippen LogP) is 3.34. The lowest BCUT2D eigenvalue weighted by Crippen LogP contribution is -2.43. The summed E-state index contributed by atoms with van der Waals surface area (Å²) in [5.74, 6) is -0.129. The van der Waals surface area contributed by atoms with Crippen LogP contribution in [0.3, 0.4) is 0 Å². The van der Waals surface area contributed by atoms with Crippen molar-refractivity contribution in [2.75, 3.05) is 10.6 Å². The minimum absolute atomic E-state index is 0.0204. The molecule has 0 radical (unpaired) electrons. The zero-order valence-corrected chi connectivity index (χ0v) is 18.1. The number of primary amides is 1. The lowest BCUT2D eigenvalue weighted by Gasteiger charge is -2.29. The molecule has 9 heteroatoms. The molecule has 1 fully saturated rings. The van der Waals surface area contributed by atoms with E-state index in [1.165, 1.54) is 0 Å². The van der Waals surface area contributed by atoms with Crippen LogP contribution in [-0.4, -0.2) is 37.7 Å². The number of rotatable bonds is 6. The Bertz CT molecular complexity index is 1290. The molecule has 2 aromatic carbocycles. The van der Waals surface area contributed by atoms with E-state index in [0.29, 0.717) is 5.95 Å². The number of para-hydroxylation sites is 1. The van der Waals surface area contributed by atoms with E-state index in [1.807, 2.05) is 60.8 Å². The van der Waals surface area contributed by atoms with Crippen molar-refractivity contribution < 1.29 is 4.79 Å². The SMILES string of the molecule is NC(=O)c1nnc(N[C@@H]2CCCC[C@@H]2N)nc1Nc1cccc2c1ccn2-c1ccccc1. The number of hydrogen-bond donors (Lipinski definition) is 4. The predicted molar refractivity (Wildman–Crippen MR) is 129 cm³/mol. The summed E-state index contributed by atoms with van der Waals surface area (Å²) in [5, 5.41) is 15.6. The number of benzene rings is 2. The molecule has 0 bridgehead atoms. The highest BCUT2D eigenvalue weighted by molar-refractivity contribution is 5.99. The Balaban J connectivity index is 1.49. The molecule has 0 unspecified atom stereocenters. The molecule has 5 rings (SSSR count). The van der Waals surface area contributed by atoms with Crippen LogP contribution < -0.4 is 22.1 Å². The van der Waals surface area contributed by atoms with Gasteiger partial charge < -0.3 is 26.7 Å². The Morgan fingerprint density at radius 2 is 1.82 bits per heavy atom. The average molecular weight is 443 g/mol. The van der Waals surface area contributed by atoms with Crippen molar-refractivity contribution in [1.82, 2.24) is 19.7 Å². The zero-order chi connectivity index (χ0) is 22.8. The molecule has 6 N–H and O–H groups in total. The first-order valence-corrected chi connectivity index (χ1v) is 11.1. The molecular formula is C24H26N8O. The second kappa shape index (κ2) is 8.87. The van der Waals surface area contributed by atoms with E-state index < -0.39 is 5.91 Å². The van der Waals surface area contributed by atoms with Crippen LogP contribution in [-0.2, 0) is 0 Å². The molecule has 1 saturated carbocycles. The van der Waals surface area contributed by atoms with E-state index >= 15 is 0 Å². The lowest BCUT2D eigenvalue weighted by atomic mass is 9.91. The summed E-state index contributed by atoms with van der Waals surface area (Å²) in [4.78, 5) is 16.5. The fraction of sp³-hybridized carbons (Fsp3) is 0.250. The fourth-order valence-electron chi connectivity index (χ4n) is 4.36. The number of amides is 1. The van der Waals surface area contributed by atoms with Crippen molar-refractivity contribution in [1.29, 1.82) is 0 Å². The van der Waals surface area contributed by atoms with E-state index in [2.05, 4.69) is 30.4 Å². The van der Waals surface area contributed by atoms with E-state index in [-0.39, 0.29) is 23.6 Å². The van der Waals surface area contributed by atoms with Crippen molar-refractivity contribution in [2.24, 2.45) is 11.5 Å². The third-order valence-electron chi connectivity index (χ3n) is 6.07. The number of nitrogens with one attached hydrogen (secondary N) is 2. The monoisotopic (exact) mass is 442 g/mol. The topological polar surface area (TPSA) is 137 Å². The number of nitrogens with two attached hydrogens (primary N) is 2. The molecule has 1 amide bonds. The van der Waals surface area contributed by atoms with Crippen LogP contribution in [0, 0.1) is 0 Å². The van der Waals surface area contributed by atoms with Gasteiger partial charge in [-0.25, -0.2) is 0 Å². The number of nitrogens with zero attached hydrogens (tertiary/aromatic N) is 4. The van der Waals surface area contributed by atoms with Gasteiger partial charge in [0.25, 0.3) is 5.91 Å². The van der Waals surface area contributed by atoms with Gasteiger partial charge >= 0.3 is 0 Å². The van der Waals surface area contributed by atoms with Crippen molar-refractivity contribution in [3.05, 3.63) is 66.5 Å². The number of aromatic nitrogens is 4. The standard InChI is InChI=1S/C24H26N8O/c25-17-9-4-5-10-19(17)28-24-29-23(21(22(26)33)30-31-24)27-18-11-6-12-20-16(18)13-14-32(20)15-7-2-1-3-8-15/h1-3,6-8,11-14,17,19H,4-5,9-10,25H2,(H2,26,33)(H2,27,28,29,31)/t17-,19+/m0/s1. The maximum Gasteiger partial charge on any atom is 0.273 e. The quantitative estimate of drug-likeness (QED) is 0.359. The van der Waals surface area contributed by atoms with Crippen LogP contribution in [0.1, 0.15) is 36.2 Å². The summed E-state index contributed by atoms with van der Waals surface area (Å²) >= 11 is 0. The number of carbonyl (C=O) groups excluding carboxylic acids is 1. The Hall–Kier alpha value is -3.98. The normalized spacial score (nSPS) is 18.2. The molecule has 33 heavy (non-hydrogen) atoms. The van der Waals surface area contributed by atoms with Gasteiger partial charge in [-0.05, 0) is 43.2 Å². The van der Waals surface area contributed by atoms with Gasteiger partial charge in [0.1, 0.15) is 0 Å². The van der Waals surface area contributed by atoms with Crippen LogP contribution in [0.4, 0.5) is 17.5 Å². The molecular weight excluding hydrogens is 416 g/mol. The maximum absolute atomic E-state index is 12.0. The molecule has 2 heterocycles.